The van der Waals surface area contributed by atoms with Crippen LogP contribution in [0.2, 0.25) is 0 Å². The van der Waals surface area contributed by atoms with Gasteiger partial charge in [0.15, 0.2) is 17.5 Å². The summed E-state index contributed by atoms with van der Waals surface area (Å²) in [4.78, 5) is 4.32. The average Bonchev–Trinajstić information content (AvgIpc) is 3.58. The molecule has 0 heterocycles. The molecule has 0 amide bonds. The van der Waals surface area contributed by atoms with Gasteiger partial charge < -0.3 is 24.8 Å². The molecule has 0 atom stereocenters. The Kier molecular flexibility index (Phi) is 10.1. The highest BCUT2D eigenvalue weighted by Crippen LogP contribution is 2.30. The lowest BCUT2D eigenvalue weighted by Crippen LogP contribution is -2.36. The van der Waals surface area contributed by atoms with Gasteiger partial charge in [0.05, 0.1) is 20.3 Å². The fourth-order valence-corrected chi connectivity index (χ4v) is 2.97. The van der Waals surface area contributed by atoms with Crippen LogP contribution in [-0.4, -0.2) is 33.3 Å². The molecule has 0 bridgehead atoms. The van der Waals surface area contributed by atoms with Gasteiger partial charge in [-0.25, -0.2) is 0 Å². The molecule has 6 nitrogen and oxygen atoms in total. The summed E-state index contributed by atoms with van der Waals surface area (Å²) in [6.45, 7) is 4.64. The average molecular weight is 525 g/mol. The molecule has 0 radical (unpaired) electrons. The third-order valence-electron chi connectivity index (χ3n) is 4.80. The maximum Gasteiger partial charge on any atom is 0.191 e. The Morgan fingerprint density at radius 3 is 2.47 bits per heavy atom. The van der Waals surface area contributed by atoms with Gasteiger partial charge in [-0.15, -0.1) is 24.0 Å². The van der Waals surface area contributed by atoms with Gasteiger partial charge in [0.25, 0.3) is 0 Å². The van der Waals surface area contributed by atoms with Crippen molar-refractivity contribution in [2.75, 3.05) is 27.4 Å². The summed E-state index contributed by atoms with van der Waals surface area (Å²) >= 11 is 0. The van der Waals surface area contributed by atoms with Crippen LogP contribution in [0.1, 0.15) is 30.9 Å². The lowest BCUT2D eigenvalue weighted by molar-refractivity contribution is 0.296. The van der Waals surface area contributed by atoms with Crippen molar-refractivity contribution in [1.82, 2.24) is 10.6 Å². The fraction of sp³-hybridized carbons (Fsp3) is 0.435. The lowest BCUT2D eigenvalue weighted by Gasteiger charge is -2.15. The SMILES string of the molecule is CCOc1cc(CNC(=NC)NCc2ccccc2OCC2CC2)ccc1OC.I. The number of para-hydroxylation sites is 1. The first-order valence-corrected chi connectivity index (χ1v) is 10.2. The van der Waals surface area contributed by atoms with E-state index >= 15 is 0 Å². The van der Waals surface area contributed by atoms with Crippen molar-refractivity contribution < 1.29 is 14.2 Å². The number of halogens is 1. The highest BCUT2D eigenvalue weighted by Gasteiger charge is 2.22. The Labute approximate surface area is 196 Å². The van der Waals surface area contributed by atoms with Gasteiger partial charge in [0.2, 0.25) is 0 Å². The molecule has 0 aromatic heterocycles. The van der Waals surface area contributed by atoms with Crippen molar-refractivity contribution in [3.63, 3.8) is 0 Å². The molecule has 1 aliphatic rings. The molecular weight excluding hydrogens is 493 g/mol. The first-order valence-electron chi connectivity index (χ1n) is 10.2. The first kappa shape index (κ1) is 24.1. The van der Waals surface area contributed by atoms with Crippen molar-refractivity contribution in [2.24, 2.45) is 10.9 Å². The standard InChI is InChI=1S/C23H31N3O3.HI/c1-4-28-22-13-18(11-12-21(22)27-3)14-25-23(24-2)26-15-19-7-5-6-8-20(19)29-16-17-9-10-17;/h5-8,11-13,17H,4,9-10,14-16H2,1-3H3,(H2,24,25,26);1H. The molecule has 164 valence electrons. The number of methoxy groups -OCH3 is 1. The second-order valence-electron chi connectivity index (χ2n) is 7.06. The highest BCUT2D eigenvalue weighted by atomic mass is 127. The minimum atomic E-state index is 0. The minimum Gasteiger partial charge on any atom is -0.493 e. The third kappa shape index (κ3) is 7.27. The van der Waals surface area contributed by atoms with E-state index in [0.717, 1.165) is 46.9 Å². The van der Waals surface area contributed by atoms with Crippen LogP contribution in [0.5, 0.6) is 17.2 Å². The summed E-state index contributed by atoms with van der Waals surface area (Å²) in [5, 5.41) is 6.71. The van der Waals surface area contributed by atoms with E-state index in [4.69, 9.17) is 14.2 Å². The highest BCUT2D eigenvalue weighted by molar-refractivity contribution is 14.0. The van der Waals surface area contributed by atoms with E-state index in [0.29, 0.717) is 19.7 Å². The molecule has 30 heavy (non-hydrogen) atoms. The number of ether oxygens (including phenoxy) is 3. The second-order valence-corrected chi connectivity index (χ2v) is 7.06. The Morgan fingerprint density at radius 1 is 1.00 bits per heavy atom. The quantitative estimate of drug-likeness (QED) is 0.274. The van der Waals surface area contributed by atoms with Crippen LogP contribution in [0.25, 0.3) is 0 Å². The number of benzene rings is 2. The predicted octanol–water partition coefficient (Wildman–Crippen LogP) is 4.37. The molecule has 1 saturated carbocycles. The van der Waals surface area contributed by atoms with Crippen LogP contribution in [0.15, 0.2) is 47.5 Å². The van der Waals surface area contributed by atoms with E-state index in [9.17, 15) is 0 Å². The van der Waals surface area contributed by atoms with Crippen molar-refractivity contribution in [3.05, 3.63) is 53.6 Å². The van der Waals surface area contributed by atoms with E-state index in [1.165, 1.54) is 12.8 Å². The van der Waals surface area contributed by atoms with Gasteiger partial charge in [0, 0.05) is 25.7 Å². The zero-order valence-corrected chi connectivity index (χ0v) is 20.3. The zero-order chi connectivity index (χ0) is 20.5. The number of nitrogens with one attached hydrogen (secondary N) is 2. The molecular formula is C23H32IN3O3. The largest absolute Gasteiger partial charge is 0.493 e. The molecule has 1 aliphatic carbocycles. The van der Waals surface area contributed by atoms with Crippen molar-refractivity contribution in [1.29, 1.82) is 0 Å². The van der Waals surface area contributed by atoms with Crippen LogP contribution in [0, 0.1) is 5.92 Å². The van der Waals surface area contributed by atoms with E-state index in [2.05, 4.69) is 21.7 Å². The van der Waals surface area contributed by atoms with Gasteiger partial charge in [-0.2, -0.15) is 0 Å². The van der Waals surface area contributed by atoms with Crippen molar-refractivity contribution in [2.45, 2.75) is 32.9 Å². The summed E-state index contributed by atoms with van der Waals surface area (Å²) in [5.41, 5.74) is 2.21. The maximum atomic E-state index is 5.99. The molecule has 2 aromatic rings. The summed E-state index contributed by atoms with van der Waals surface area (Å²) in [6, 6.07) is 14.1. The molecule has 0 unspecified atom stereocenters. The molecule has 0 saturated heterocycles. The van der Waals surface area contributed by atoms with Gasteiger partial charge in [-0.05, 0) is 49.4 Å². The van der Waals surface area contributed by atoms with E-state index < -0.39 is 0 Å². The van der Waals surface area contributed by atoms with E-state index in [1.54, 1.807) is 14.2 Å². The topological polar surface area (TPSA) is 64.1 Å². The first-order chi connectivity index (χ1) is 14.2. The predicted molar refractivity (Wildman–Crippen MR) is 131 cm³/mol. The number of aliphatic imine (C=N–C) groups is 1. The van der Waals surface area contributed by atoms with Gasteiger partial charge in [0.1, 0.15) is 5.75 Å². The zero-order valence-electron chi connectivity index (χ0n) is 17.9. The third-order valence-corrected chi connectivity index (χ3v) is 4.80. The summed E-state index contributed by atoms with van der Waals surface area (Å²) in [5.74, 6) is 3.89. The Morgan fingerprint density at radius 2 is 1.77 bits per heavy atom. The number of nitrogens with zero attached hydrogens (tertiary/aromatic N) is 1. The van der Waals surface area contributed by atoms with Crippen molar-refractivity contribution >= 4 is 29.9 Å². The van der Waals surface area contributed by atoms with E-state index in [1.807, 2.05) is 43.3 Å². The second kappa shape index (κ2) is 12.5. The lowest BCUT2D eigenvalue weighted by atomic mass is 10.2. The minimum absolute atomic E-state index is 0. The van der Waals surface area contributed by atoms with Crippen LogP contribution in [0.3, 0.4) is 0 Å². The Hall–Kier alpha value is -2.16. The van der Waals surface area contributed by atoms with Crippen LogP contribution >= 0.6 is 24.0 Å². The normalized spacial score (nSPS) is 13.2. The van der Waals surface area contributed by atoms with E-state index in [-0.39, 0.29) is 24.0 Å². The molecule has 0 spiro atoms. The smallest absolute Gasteiger partial charge is 0.191 e. The molecule has 2 N–H and O–H groups in total. The van der Waals surface area contributed by atoms with Crippen LogP contribution in [-0.2, 0) is 13.1 Å². The molecule has 2 aromatic carbocycles. The van der Waals surface area contributed by atoms with Crippen LogP contribution in [0.4, 0.5) is 0 Å². The summed E-state index contributed by atoms with van der Waals surface area (Å²) < 4.78 is 17.0. The monoisotopic (exact) mass is 525 g/mol. The number of hydrogen-bond donors (Lipinski definition) is 2. The number of guanidine groups is 1. The van der Waals surface area contributed by atoms with Gasteiger partial charge in [-0.3, -0.25) is 4.99 Å². The molecule has 0 aliphatic heterocycles. The maximum absolute atomic E-state index is 5.99. The number of hydrogen-bond acceptors (Lipinski definition) is 4. The van der Waals surface area contributed by atoms with Gasteiger partial charge in [-0.1, -0.05) is 24.3 Å². The Balaban J connectivity index is 0.00000320. The van der Waals surface area contributed by atoms with Crippen molar-refractivity contribution in [3.8, 4) is 17.2 Å². The fourth-order valence-electron chi connectivity index (χ4n) is 2.97. The molecule has 3 rings (SSSR count). The number of rotatable bonds is 10. The van der Waals surface area contributed by atoms with Crippen LogP contribution < -0.4 is 24.8 Å². The molecule has 1 fully saturated rings. The molecule has 7 heteroatoms. The summed E-state index contributed by atoms with van der Waals surface area (Å²) in [7, 11) is 3.41. The summed E-state index contributed by atoms with van der Waals surface area (Å²) in [6.07, 6.45) is 2.57. The Bertz CT molecular complexity index is 825. The van der Waals surface area contributed by atoms with Gasteiger partial charge >= 0.3 is 0 Å².